The average Bonchev–Trinajstić information content (AvgIpc) is 2.75. The van der Waals surface area contributed by atoms with Crippen molar-refractivity contribution in [3.63, 3.8) is 0 Å². The molecule has 0 bridgehead atoms. The lowest BCUT2D eigenvalue weighted by Crippen LogP contribution is -2.64. The van der Waals surface area contributed by atoms with Crippen LogP contribution < -0.4 is 10.6 Å². The number of carbonyl (C=O) groups excluding carboxylic acids is 2. The average molecular weight is 553 g/mol. The van der Waals surface area contributed by atoms with Gasteiger partial charge in [0.1, 0.15) is 5.60 Å². The van der Waals surface area contributed by atoms with Crippen LogP contribution >= 0.6 is 0 Å². The number of aliphatic hydroxyl groups is 1. The summed E-state index contributed by atoms with van der Waals surface area (Å²) < 4.78 is 12.4. The molecule has 0 aromatic rings. The molecule has 0 aromatic carbocycles. The van der Waals surface area contributed by atoms with E-state index in [2.05, 4.69) is 58.3 Å². The van der Waals surface area contributed by atoms with Crippen LogP contribution in [0.2, 0.25) is 18.1 Å². The minimum atomic E-state index is -1.94. The summed E-state index contributed by atoms with van der Waals surface area (Å²) in [6.45, 7) is 22.9. The Morgan fingerprint density at radius 1 is 1.08 bits per heavy atom. The van der Waals surface area contributed by atoms with Crippen LogP contribution in [-0.4, -0.2) is 55.8 Å². The highest BCUT2D eigenvalue weighted by Crippen LogP contribution is 2.57. The summed E-state index contributed by atoms with van der Waals surface area (Å²) in [7, 11) is -1.94. The van der Waals surface area contributed by atoms with Crippen LogP contribution in [0.4, 0.5) is 4.79 Å². The summed E-state index contributed by atoms with van der Waals surface area (Å²) >= 11 is 0. The summed E-state index contributed by atoms with van der Waals surface area (Å²) in [6.07, 6.45) is 5.11. The number of nitrogens with one attached hydrogen (secondary N) is 2. The number of hydrogen-bond donors (Lipinski definition) is 3. The van der Waals surface area contributed by atoms with Crippen molar-refractivity contribution in [3.8, 4) is 0 Å². The number of rotatable bonds is 6. The molecule has 220 valence electrons. The maximum Gasteiger partial charge on any atom is 0.407 e. The van der Waals surface area contributed by atoms with Gasteiger partial charge in [0.05, 0.1) is 6.10 Å². The molecular formula is C30H56N2O5Si. The van der Waals surface area contributed by atoms with Gasteiger partial charge in [-0.05, 0) is 113 Å². The minimum Gasteiger partial charge on any atom is -0.444 e. The van der Waals surface area contributed by atoms with E-state index in [4.69, 9.17) is 9.16 Å². The summed E-state index contributed by atoms with van der Waals surface area (Å²) in [5.41, 5.74) is -0.838. The van der Waals surface area contributed by atoms with Gasteiger partial charge in [-0.2, -0.15) is 0 Å². The Morgan fingerprint density at radius 2 is 1.74 bits per heavy atom. The van der Waals surface area contributed by atoms with E-state index < -0.39 is 13.9 Å². The van der Waals surface area contributed by atoms with E-state index >= 15 is 0 Å². The second kappa shape index (κ2) is 11.0. The van der Waals surface area contributed by atoms with Gasteiger partial charge < -0.3 is 24.9 Å². The zero-order valence-corrected chi connectivity index (χ0v) is 26.8. The molecule has 0 spiro atoms. The third kappa shape index (κ3) is 6.95. The number of ether oxygens (including phenoxy) is 1. The first-order valence-electron chi connectivity index (χ1n) is 14.9. The van der Waals surface area contributed by atoms with Crippen LogP contribution in [-0.2, 0) is 14.0 Å². The highest BCUT2D eigenvalue weighted by atomic mass is 28.4. The van der Waals surface area contributed by atoms with E-state index in [1.807, 2.05) is 20.8 Å². The highest BCUT2D eigenvalue weighted by Gasteiger charge is 2.56. The number of fused-ring (bicyclic) bond motifs is 1. The molecule has 1 aliphatic heterocycles. The molecule has 3 rings (SSSR count). The Hall–Kier alpha value is -1.12. The highest BCUT2D eigenvalue weighted by molar-refractivity contribution is 6.74. The molecule has 3 aliphatic rings. The summed E-state index contributed by atoms with van der Waals surface area (Å²) in [5.74, 6) is 1.22. The number of amides is 2. The lowest BCUT2D eigenvalue weighted by atomic mass is 9.49. The smallest absolute Gasteiger partial charge is 0.407 e. The molecule has 3 fully saturated rings. The van der Waals surface area contributed by atoms with Crippen molar-refractivity contribution in [2.75, 3.05) is 13.2 Å². The van der Waals surface area contributed by atoms with Crippen molar-refractivity contribution in [1.29, 1.82) is 0 Å². The van der Waals surface area contributed by atoms with Gasteiger partial charge in [0, 0.05) is 25.1 Å². The second-order valence-electron chi connectivity index (χ2n) is 15.5. The van der Waals surface area contributed by atoms with Crippen LogP contribution in [0.15, 0.2) is 0 Å². The quantitative estimate of drug-likeness (QED) is 0.351. The Morgan fingerprint density at radius 3 is 2.34 bits per heavy atom. The van der Waals surface area contributed by atoms with Gasteiger partial charge in [0.15, 0.2) is 8.32 Å². The molecule has 0 aromatic heterocycles. The Labute approximate surface area is 232 Å². The molecule has 7 nitrogen and oxygen atoms in total. The van der Waals surface area contributed by atoms with Crippen LogP contribution in [0.25, 0.3) is 0 Å². The van der Waals surface area contributed by atoms with E-state index in [0.717, 1.165) is 38.5 Å². The van der Waals surface area contributed by atoms with Crippen molar-refractivity contribution in [1.82, 2.24) is 10.6 Å². The Kier molecular flexibility index (Phi) is 9.12. The summed E-state index contributed by atoms with van der Waals surface area (Å²) in [4.78, 5) is 25.1. The molecule has 8 heteroatoms. The maximum atomic E-state index is 12.7. The largest absolute Gasteiger partial charge is 0.444 e. The van der Waals surface area contributed by atoms with E-state index in [1.165, 1.54) is 0 Å². The standard InChI is InChI=1S/C30H56N2O5Si/c1-27(2,3)37-26(35)31-18-22-23(14-16-30(8)24(22)11-12-25(34)32-30)29(7)15-13-21(33)17-20(29)19-36-38(9,10)28(4,5)6/h20-24,33H,11-19H2,1-10H3,(H,31,35)(H,32,34)/t20-,21+,22-,23+,24+,29+,30+/m1/s1. The molecule has 2 amide bonds. The topological polar surface area (TPSA) is 96.9 Å². The molecule has 1 heterocycles. The van der Waals surface area contributed by atoms with Gasteiger partial charge >= 0.3 is 6.09 Å². The molecule has 38 heavy (non-hydrogen) atoms. The van der Waals surface area contributed by atoms with Gasteiger partial charge in [0.2, 0.25) is 5.91 Å². The number of aliphatic hydroxyl groups excluding tert-OH is 1. The first-order valence-corrected chi connectivity index (χ1v) is 17.8. The van der Waals surface area contributed by atoms with Crippen LogP contribution in [0.5, 0.6) is 0 Å². The van der Waals surface area contributed by atoms with Crippen molar-refractivity contribution < 1.29 is 23.9 Å². The molecule has 0 radical (unpaired) electrons. The first kappa shape index (κ1) is 31.4. The monoisotopic (exact) mass is 552 g/mol. The van der Waals surface area contributed by atoms with Gasteiger partial charge in [-0.3, -0.25) is 4.79 Å². The Bertz CT molecular complexity index is 866. The minimum absolute atomic E-state index is 0.0232. The van der Waals surface area contributed by atoms with Gasteiger partial charge in [0.25, 0.3) is 0 Å². The van der Waals surface area contributed by atoms with Gasteiger partial charge in [-0.1, -0.05) is 27.7 Å². The van der Waals surface area contributed by atoms with Gasteiger partial charge in [-0.15, -0.1) is 0 Å². The molecule has 3 N–H and O–H groups in total. The van der Waals surface area contributed by atoms with E-state index in [1.54, 1.807) is 0 Å². The van der Waals surface area contributed by atoms with Gasteiger partial charge in [-0.25, -0.2) is 4.79 Å². The number of alkyl carbamates (subject to hydrolysis) is 1. The zero-order valence-electron chi connectivity index (χ0n) is 25.8. The van der Waals surface area contributed by atoms with E-state index in [0.29, 0.717) is 25.5 Å². The van der Waals surface area contributed by atoms with E-state index in [-0.39, 0.29) is 51.9 Å². The first-order chi connectivity index (χ1) is 17.3. The van der Waals surface area contributed by atoms with E-state index in [9.17, 15) is 14.7 Å². The fourth-order valence-electron chi connectivity index (χ4n) is 7.25. The summed E-state index contributed by atoms with van der Waals surface area (Å²) in [5, 5.41) is 17.3. The third-order valence-electron chi connectivity index (χ3n) is 10.6. The fraction of sp³-hybridized carbons (Fsp3) is 0.933. The molecule has 2 aliphatic carbocycles. The van der Waals surface area contributed by atoms with Crippen molar-refractivity contribution >= 4 is 20.3 Å². The zero-order chi connectivity index (χ0) is 28.7. The number of carbonyl (C=O) groups is 2. The van der Waals surface area contributed by atoms with Crippen LogP contribution in [0.1, 0.15) is 100 Å². The predicted octanol–water partition coefficient (Wildman–Crippen LogP) is 6.01. The SMILES string of the molecule is CC(C)(C)OC(=O)NC[C@@H]1[C@@H]([C@@]2(C)CC[C@H](O)C[C@@H]2CO[Si](C)(C)C(C)(C)C)CC[C@]2(C)NC(=O)CC[C@@H]12. The molecule has 0 unspecified atom stereocenters. The predicted molar refractivity (Wildman–Crippen MR) is 154 cm³/mol. The van der Waals surface area contributed by atoms with Crippen LogP contribution in [0.3, 0.4) is 0 Å². The normalized spacial score (nSPS) is 36.7. The maximum absolute atomic E-state index is 12.7. The number of piperidine rings is 1. The molecular weight excluding hydrogens is 496 g/mol. The summed E-state index contributed by atoms with van der Waals surface area (Å²) in [6, 6.07) is 0. The van der Waals surface area contributed by atoms with Crippen LogP contribution in [0, 0.1) is 29.1 Å². The molecule has 1 saturated heterocycles. The third-order valence-corrected chi connectivity index (χ3v) is 15.1. The van der Waals surface area contributed by atoms with Crippen molar-refractivity contribution in [3.05, 3.63) is 0 Å². The lowest BCUT2D eigenvalue weighted by Gasteiger charge is -2.59. The Balaban J connectivity index is 1.90. The fourth-order valence-corrected chi connectivity index (χ4v) is 8.30. The van der Waals surface area contributed by atoms with Crippen molar-refractivity contribution in [2.45, 2.75) is 136 Å². The molecule has 2 saturated carbocycles. The lowest BCUT2D eigenvalue weighted by molar-refractivity contribution is -0.135. The number of hydrogen-bond acceptors (Lipinski definition) is 5. The molecule has 7 atom stereocenters. The van der Waals surface area contributed by atoms with Crippen molar-refractivity contribution in [2.24, 2.45) is 29.1 Å². The second-order valence-corrected chi connectivity index (χ2v) is 20.3.